The highest BCUT2D eigenvalue weighted by molar-refractivity contribution is 5.95. The second-order valence-electron chi connectivity index (χ2n) is 8.02. The molecule has 1 amide bonds. The number of benzene rings is 1. The highest BCUT2D eigenvalue weighted by Gasteiger charge is 2.32. The molecule has 33 heavy (non-hydrogen) atoms. The summed E-state index contributed by atoms with van der Waals surface area (Å²) < 4.78 is 26.9. The molecule has 2 N–H and O–H groups in total. The van der Waals surface area contributed by atoms with E-state index in [-0.39, 0.29) is 41.4 Å². The Labute approximate surface area is 188 Å². The lowest BCUT2D eigenvalue weighted by Crippen LogP contribution is -2.32. The Balaban J connectivity index is 1.73. The molecule has 4 heterocycles. The summed E-state index contributed by atoms with van der Waals surface area (Å²) in [4.78, 5) is 23.5. The Morgan fingerprint density at radius 1 is 1.33 bits per heavy atom. The Hall–Kier alpha value is -4.04. The first-order valence-electron chi connectivity index (χ1n) is 10.3. The van der Waals surface area contributed by atoms with Crippen molar-refractivity contribution in [1.29, 1.82) is 5.26 Å². The molecule has 1 saturated heterocycles. The topological polar surface area (TPSA) is 132 Å². The Kier molecular flexibility index (Phi) is 4.94. The molecule has 2 aliphatic heterocycles. The largest absolute Gasteiger partial charge is 0.467 e. The van der Waals surface area contributed by atoms with Gasteiger partial charge in [-0.1, -0.05) is 0 Å². The van der Waals surface area contributed by atoms with Gasteiger partial charge in [0.05, 0.1) is 42.9 Å². The third-order valence-corrected chi connectivity index (χ3v) is 5.78. The van der Waals surface area contributed by atoms with Crippen LogP contribution < -0.4 is 10.5 Å². The summed E-state index contributed by atoms with van der Waals surface area (Å²) >= 11 is 0. The van der Waals surface area contributed by atoms with Crippen LogP contribution in [0, 0.1) is 17.1 Å². The molecule has 168 valence electrons. The zero-order valence-corrected chi connectivity index (χ0v) is 17.9. The molecule has 0 radical (unpaired) electrons. The van der Waals surface area contributed by atoms with Crippen LogP contribution in [0.4, 0.5) is 10.2 Å². The van der Waals surface area contributed by atoms with Crippen LogP contribution in [0.5, 0.6) is 5.88 Å². The average molecular weight is 449 g/mol. The number of nitrogens with two attached hydrogens (primary N) is 1. The van der Waals surface area contributed by atoms with Gasteiger partial charge in [-0.25, -0.2) is 19.0 Å². The van der Waals surface area contributed by atoms with Gasteiger partial charge in [-0.05, 0) is 25.1 Å². The summed E-state index contributed by atoms with van der Waals surface area (Å²) in [5.74, 6) is -0.785. The van der Waals surface area contributed by atoms with Crippen molar-refractivity contribution in [3.05, 3.63) is 52.7 Å². The molecule has 10 nitrogen and oxygen atoms in total. The number of amides is 1. The van der Waals surface area contributed by atoms with Crippen molar-refractivity contribution in [1.82, 2.24) is 24.6 Å². The SMILES string of the molecule is CC1Oc2nc(cnc2N)-c2c(nn(C3COC3)c2C#N)CN(C)C(=O)c2ccc(F)cc21. The Morgan fingerprint density at radius 3 is 2.82 bits per heavy atom. The molecule has 5 rings (SSSR count). The molecule has 3 aromatic rings. The molecule has 1 aromatic carbocycles. The maximum absolute atomic E-state index is 14.1. The summed E-state index contributed by atoms with van der Waals surface area (Å²) in [6.07, 6.45) is 0.695. The van der Waals surface area contributed by atoms with Crippen LogP contribution in [0.2, 0.25) is 0 Å². The zero-order valence-electron chi connectivity index (χ0n) is 17.9. The smallest absolute Gasteiger partial charge is 0.258 e. The van der Waals surface area contributed by atoms with Crippen molar-refractivity contribution < 1.29 is 18.7 Å². The summed E-state index contributed by atoms with van der Waals surface area (Å²) in [5, 5.41) is 14.6. The number of nitriles is 1. The fourth-order valence-corrected chi connectivity index (χ4v) is 3.98. The van der Waals surface area contributed by atoms with Crippen molar-refractivity contribution in [3.63, 3.8) is 0 Å². The van der Waals surface area contributed by atoms with Crippen LogP contribution in [-0.4, -0.2) is 50.8 Å². The van der Waals surface area contributed by atoms with E-state index >= 15 is 0 Å². The summed E-state index contributed by atoms with van der Waals surface area (Å²) in [6, 6.07) is 6.02. The minimum atomic E-state index is -0.746. The maximum Gasteiger partial charge on any atom is 0.258 e. The van der Waals surface area contributed by atoms with Crippen LogP contribution >= 0.6 is 0 Å². The lowest BCUT2D eigenvalue weighted by molar-refractivity contribution is -0.0292. The summed E-state index contributed by atoms with van der Waals surface area (Å²) in [6.45, 7) is 2.63. The van der Waals surface area contributed by atoms with E-state index in [1.54, 1.807) is 18.7 Å². The van der Waals surface area contributed by atoms with Gasteiger partial charge >= 0.3 is 0 Å². The molecule has 0 saturated carbocycles. The highest BCUT2D eigenvalue weighted by atomic mass is 19.1. The number of ether oxygens (including phenoxy) is 2. The minimum Gasteiger partial charge on any atom is -0.467 e. The van der Waals surface area contributed by atoms with E-state index in [4.69, 9.17) is 15.2 Å². The molecule has 2 bridgehead atoms. The number of rotatable bonds is 1. The molecular weight excluding hydrogens is 429 g/mol. The van der Waals surface area contributed by atoms with Gasteiger partial charge in [-0.2, -0.15) is 10.4 Å². The van der Waals surface area contributed by atoms with Gasteiger partial charge in [0.1, 0.15) is 29.7 Å². The van der Waals surface area contributed by atoms with E-state index in [1.165, 1.54) is 29.3 Å². The van der Waals surface area contributed by atoms with Gasteiger partial charge in [0, 0.05) is 18.2 Å². The van der Waals surface area contributed by atoms with Gasteiger partial charge in [0.2, 0.25) is 0 Å². The van der Waals surface area contributed by atoms with Crippen molar-refractivity contribution >= 4 is 11.7 Å². The first kappa shape index (κ1) is 20.8. The average Bonchev–Trinajstić information content (AvgIpc) is 3.10. The zero-order chi connectivity index (χ0) is 23.3. The van der Waals surface area contributed by atoms with E-state index in [1.807, 2.05) is 0 Å². The first-order chi connectivity index (χ1) is 15.9. The van der Waals surface area contributed by atoms with Gasteiger partial charge in [-0.15, -0.1) is 0 Å². The Bertz CT molecular complexity index is 1310. The Morgan fingerprint density at radius 2 is 2.12 bits per heavy atom. The van der Waals surface area contributed by atoms with Gasteiger partial charge in [-0.3, -0.25) is 4.79 Å². The minimum absolute atomic E-state index is 0.0196. The van der Waals surface area contributed by atoms with Crippen molar-refractivity contribution in [3.8, 4) is 23.2 Å². The van der Waals surface area contributed by atoms with Crippen LogP contribution in [0.25, 0.3) is 11.3 Å². The summed E-state index contributed by atoms with van der Waals surface area (Å²) in [7, 11) is 1.62. The summed E-state index contributed by atoms with van der Waals surface area (Å²) in [5.41, 5.74) is 8.19. The standard InChI is InChI=1S/C22H20FN7O3/c1-11-15-5-12(23)3-4-14(15)22(31)29(2)8-17-19(16-7-26-20(25)21(27-16)33-11)18(6-24)30(28-17)13-9-32-10-13/h3-5,7,11,13H,8-10H2,1-2H3,(H2,25,26). The number of nitrogen functional groups attached to an aromatic ring is 1. The number of fused-ring (bicyclic) bond motifs is 5. The van der Waals surface area contributed by atoms with Crippen LogP contribution in [0.3, 0.4) is 0 Å². The number of anilines is 1. The molecule has 2 aliphatic rings. The normalized spacial score (nSPS) is 18.2. The molecule has 1 atom stereocenters. The predicted molar refractivity (Wildman–Crippen MR) is 113 cm³/mol. The predicted octanol–water partition coefficient (Wildman–Crippen LogP) is 2.23. The van der Waals surface area contributed by atoms with Crippen LogP contribution in [0.1, 0.15) is 46.4 Å². The quantitative estimate of drug-likeness (QED) is 0.598. The number of carbonyl (C=O) groups is 1. The third kappa shape index (κ3) is 3.44. The monoisotopic (exact) mass is 449 g/mol. The highest BCUT2D eigenvalue weighted by Crippen LogP contribution is 2.35. The molecule has 2 aromatic heterocycles. The molecule has 0 aliphatic carbocycles. The lowest BCUT2D eigenvalue weighted by Gasteiger charge is -2.26. The second-order valence-corrected chi connectivity index (χ2v) is 8.02. The second kappa shape index (κ2) is 7.83. The van der Waals surface area contributed by atoms with Crippen LogP contribution in [0.15, 0.2) is 24.4 Å². The number of carbonyl (C=O) groups excluding carboxylic acids is 1. The van der Waals surface area contributed by atoms with Crippen molar-refractivity contribution in [2.45, 2.75) is 25.6 Å². The number of aromatic nitrogens is 4. The van der Waals surface area contributed by atoms with Crippen molar-refractivity contribution in [2.24, 2.45) is 0 Å². The van der Waals surface area contributed by atoms with Gasteiger partial charge < -0.3 is 20.1 Å². The van der Waals surface area contributed by atoms with E-state index in [9.17, 15) is 14.4 Å². The van der Waals surface area contributed by atoms with E-state index < -0.39 is 11.9 Å². The molecule has 1 fully saturated rings. The van der Waals surface area contributed by atoms with Crippen LogP contribution in [-0.2, 0) is 11.3 Å². The van der Waals surface area contributed by atoms with E-state index in [0.29, 0.717) is 35.7 Å². The molecular formula is C22H20FN7O3. The fraction of sp³-hybridized carbons (Fsp3) is 0.318. The lowest BCUT2D eigenvalue weighted by atomic mass is 10.0. The van der Waals surface area contributed by atoms with Gasteiger partial charge in [0.15, 0.2) is 5.82 Å². The molecule has 11 heteroatoms. The van der Waals surface area contributed by atoms with E-state index in [2.05, 4.69) is 21.1 Å². The number of nitrogens with zero attached hydrogens (tertiary/aromatic N) is 6. The molecule has 1 unspecified atom stereocenters. The number of halogens is 1. The number of hydrogen-bond donors (Lipinski definition) is 1. The first-order valence-corrected chi connectivity index (χ1v) is 10.3. The third-order valence-electron chi connectivity index (χ3n) is 5.78. The maximum atomic E-state index is 14.1. The fourth-order valence-electron chi connectivity index (χ4n) is 3.98. The number of hydrogen-bond acceptors (Lipinski definition) is 8. The van der Waals surface area contributed by atoms with Gasteiger partial charge in [0.25, 0.3) is 11.8 Å². The van der Waals surface area contributed by atoms with Crippen molar-refractivity contribution in [2.75, 3.05) is 26.0 Å². The van der Waals surface area contributed by atoms with E-state index in [0.717, 1.165) is 0 Å². The molecule has 0 spiro atoms.